The number of benzene rings is 2. The minimum Gasteiger partial charge on any atom is -0.497 e. The fourth-order valence-electron chi connectivity index (χ4n) is 2.45. The van der Waals surface area contributed by atoms with Crippen LogP contribution in [0.5, 0.6) is 11.5 Å². The SMILES string of the molecule is COc1cccc(/C=C/C(=O)OCc2csc(-c3cc(Br)ccc3OC)n2)c1. The summed E-state index contributed by atoms with van der Waals surface area (Å²) < 4.78 is 16.8. The second kappa shape index (κ2) is 9.52. The molecule has 0 aliphatic heterocycles. The smallest absolute Gasteiger partial charge is 0.331 e. The van der Waals surface area contributed by atoms with E-state index < -0.39 is 5.97 Å². The number of carbonyl (C=O) groups is 1. The molecule has 7 heteroatoms. The van der Waals surface area contributed by atoms with E-state index >= 15 is 0 Å². The van der Waals surface area contributed by atoms with Crippen LogP contribution in [0.4, 0.5) is 0 Å². The van der Waals surface area contributed by atoms with Gasteiger partial charge in [0, 0.05) is 15.9 Å². The molecular weight excluding hydrogens is 442 g/mol. The summed E-state index contributed by atoms with van der Waals surface area (Å²) >= 11 is 4.93. The van der Waals surface area contributed by atoms with E-state index in [4.69, 9.17) is 14.2 Å². The predicted molar refractivity (Wildman–Crippen MR) is 114 cm³/mol. The Morgan fingerprint density at radius 2 is 2.04 bits per heavy atom. The molecular formula is C21H18BrNO4S. The van der Waals surface area contributed by atoms with Gasteiger partial charge in [0.1, 0.15) is 23.1 Å². The van der Waals surface area contributed by atoms with Crippen molar-refractivity contribution in [2.24, 2.45) is 0 Å². The van der Waals surface area contributed by atoms with Crippen molar-refractivity contribution < 1.29 is 19.0 Å². The van der Waals surface area contributed by atoms with Crippen LogP contribution in [0.2, 0.25) is 0 Å². The lowest BCUT2D eigenvalue weighted by Gasteiger charge is -2.06. The van der Waals surface area contributed by atoms with Crippen molar-refractivity contribution in [1.82, 2.24) is 4.98 Å². The van der Waals surface area contributed by atoms with Crippen molar-refractivity contribution in [3.05, 3.63) is 69.7 Å². The first-order valence-electron chi connectivity index (χ1n) is 8.36. The van der Waals surface area contributed by atoms with Crippen molar-refractivity contribution in [3.8, 4) is 22.1 Å². The van der Waals surface area contributed by atoms with Gasteiger partial charge in [-0.05, 0) is 42.0 Å². The van der Waals surface area contributed by atoms with Gasteiger partial charge in [-0.2, -0.15) is 0 Å². The Hall–Kier alpha value is -2.64. The van der Waals surface area contributed by atoms with Gasteiger partial charge in [-0.3, -0.25) is 0 Å². The summed E-state index contributed by atoms with van der Waals surface area (Å²) in [6, 6.07) is 13.2. The fourth-order valence-corrected chi connectivity index (χ4v) is 3.63. The third kappa shape index (κ3) is 5.21. The van der Waals surface area contributed by atoms with E-state index in [1.165, 1.54) is 17.4 Å². The lowest BCUT2D eigenvalue weighted by Crippen LogP contribution is -2.01. The molecule has 0 aliphatic carbocycles. The third-order valence-corrected chi connectivity index (χ3v) is 5.23. The molecule has 0 unspecified atom stereocenters. The van der Waals surface area contributed by atoms with E-state index in [2.05, 4.69) is 20.9 Å². The number of aromatic nitrogens is 1. The van der Waals surface area contributed by atoms with Gasteiger partial charge < -0.3 is 14.2 Å². The molecule has 0 spiro atoms. The minimum atomic E-state index is -0.433. The summed E-state index contributed by atoms with van der Waals surface area (Å²) in [4.78, 5) is 16.5. The molecule has 0 N–H and O–H groups in total. The summed E-state index contributed by atoms with van der Waals surface area (Å²) in [6.07, 6.45) is 3.07. The van der Waals surface area contributed by atoms with Gasteiger partial charge >= 0.3 is 5.97 Å². The Labute approximate surface area is 175 Å². The predicted octanol–water partition coefficient (Wildman–Crippen LogP) is 5.35. The number of methoxy groups -OCH3 is 2. The van der Waals surface area contributed by atoms with Gasteiger partial charge in [0.15, 0.2) is 0 Å². The van der Waals surface area contributed by atoms with Crippen LogP contribution in [0.25, 0.3) is 16.6 Å². The maximum Gasteiger partial charge on any atom is 0.331 e. The molecule has 0 saturated heterocycles. The quantitative estimate of drug-likeness (QED) is 0.352. The van der Waals surface area contributed by atoms with Crippen molar-refractivity contribution in [2.45, 2.75) is 6.61 Å². The topological polar surface area (TPSA) is 57.7 Å². The molecule has 28 heavy (non-hydrogen) atoms. The normalized spacial score (nSPS) is 10.8. The third-order valence-electron chi connectivity index (χ3n) is 3.81. The van der Waals surface area contributed by atoms with Crippen molar-refractivity contribution in [2.75, 3.05) is 14.2 Å². The van der Waals surface area contributed by atoms with E-state index in [-0.39, 0.29) is 6.61 Å². The molecule has 1 aromatic heterocycles. The molecule has 2 aromatic carbocycles. The van der Waals surface area contributed by atoms with E-state index in [9.17, 15) is 4.79 Å². The van der Waals surface area contributed by atoms with Gasteiger partial charge in [0.2, 0.25) is 0 Å². The number of hydrogen-bond donors (Lipinski definition) is 0. The fraction of sp³-hybridized carbons (Fsp3) is 0.143. The van der Waals surface area contributed by atoms with Gasteiger partial charge in [-0.1, -0.05) is 28.1 Å². The van der Waals surface area contributed by atoms with Crippen molar-refractivity contribution in [3.63, 3.8) is 0 Å². The van der Waals surface area contributed by atoms with Crippen LogP contribution in [0, 0.1) is 0 Å². The van der Waals surface area contributed by atoms with Crippen LogP contribution in [-0.4, -0.2) is 25.2 Å². The molecule has 0 saturated carbocycles. The summed E-state index contributed by atoms with van der Waals surface area (Å²) in [6.45, 7) is 0.105. The van der Waals surface area contributed by atoms with Crippen LogP contribution in [0.3, 0.4) is 0 Å². The minimum absolute atomic E-state index is 0.105. The Kier molecular flexibility index (Phi) is 6.84. The Bertz CT molecular complexity index is 1000. The molecule has 5 nitrogen and oxygen atoms in total. The first-order chi connectivity index (χ1) is 13.6. The average Bonchev–Trinajstić information content (AvgIpc) is 3.19. The van der Waals surface area contributed by atoms with E-state index in [1.54, 1.807) is 20.3 Å². The first kappa shape index (κ1) is 20.1. The molecule has 0 atom stereocenters. The van der Waals surface area contributed by atoms with Crippen LogP contribution in [0.15, 0.2) is 58.4 Å². The zero-order chi connectivity index (χ0) is 19.9. The molecule has 0 radical (unpaired) electrons. The van der Waals surface area contributed by atoms with Crippen LogP contribution >= 0.6 is 27.3 Å². The highest BCUT2D eigenvalue weighted by Gasteiger charge is 2.12. The van der Waals surface area contributed by atoms with Crippen molar-refractivity contribution >= 4 is 39.3 Å². The van der Waals surface area contributed by atoms with Gasteiger partial charge in [0.05, 0.1) is 25.5 Å². The second-order valence-corrected chi connectivity index (χ2v) is 7.48. The highest BCUT2D eigenvalue weighted by molar-refractivity contribution is 9.10. The number of nitrogens with zero attached hydrogens (tertiary/aromatic N) is 1. The number of ether oxygens (including phenoxy) is 3. The monoisotopic (exact) mass is 459 g/mol. The maximum atomic E-state index is 12.0. The Balaban J connectivity index is 1.62. The zero-order valence-electron chi connectivity index (χ0n) is 15.3. The number of hydrogen-bond acceptors (Lipinski definition) is 6. The molecule has 144 valence electrons. The summed E-state index contributed by atoms with van der Waals surface area (Å²) in [5.41, 5.74) is 2.43. The Morgan fingerprint density at radius 1 is 1.18 bits per heavy atom. The highest BCUT2D eigenvalue weighted by atomic mass is 79.9. The van der Waals surface area contributed by atoms with E-state index in [1.807, 2.05) is 47.8 Å². The first-order valence-corrected chi connectivity index (χ1v) is 10.0. The highest BCUT2D eigenvalue weighted by Crippen LogP contribution is 2.34. The molecule has 3 aromatic rings. The molecule has 0 aliphatic rings. The summed E-state index contributed by atoms with van der Waals surface area (Å²) in [5, 5.41) is 2.67. The lowest BCUT2D eigenvalue weighted by molar-refractivity contribution is -0.139. The van der Waals surface area contributed by atoms with Gasteiger partial charge in [-0.25, -0.2) is 9.78 Å². The average molecular weight is 460 g/mol. The molecule has 0 bridgehead atoms. The maximum absolute atomic E-state index is 12.0. The number of rotatable bonds is 7. The Morgan fingerprint density at radius 3 is 2.82 bits per heavy atom. The summed E-state index contributed by atoms with van der Waals surface area (Å²) in [7, 11) is 3.22. The standard InChI is InChI=1S/C21H18BrNO4S/c1-25-17-5-3-4-14(10-17)6-9-20(24)27-12-16-13-28-21(23-16)18-11-15(22)7-8-19(18)26-2/h3-11,13H,12H2,1-2H3/b9-6+. The van der Waals surface area contributed by atoms with E-state index in [0.717, 1.165) is 32.1 Å². The number of esters is 1. The van der Waals surface area contributed by atoms with Crippen LogP contribution in [0.1, 0.15) is 11.3 Å². The number of carbonyl (C=O) groups excluding carboxylic acids is 1. The van der Waals surface area contributed by atoms with Crippen LogP contribution < -0.4 is 9.47 Å². The number of halogens is 1. The summed E-state index contributed by atoms with van der Waals surface area (Å²) in [5.74, 6) is 1.04. The zero-order valence-corrected chi connectivity index (χ0v) is 17.7. The largest absolute Gasteiger partial charge is 0.497 e. The van der Waals surface area contributed by atoms with Gasteiger partial charge in [0.25, 0.3) is 0 Å². The number of thiazole rings is 1. The van der Waals surface area contributed by atoms with Gasteiger partial charge in [-0.15, -0.1) is 11.3 Å². The van der Waals surface area contributed by atoms with Crippen molar-refractivity contribution in [1.29, 1.82) is 0 Å². The molecule has 1 heterocycles. The van der Waals surface area contributed by atoms with E-state index in [0.29, 0.717) is 5.69 Å². The van der Waals surface area contributed by atoms with Crippen LogP contribution in [-0.2, 0) is 16.1 Å². The molecule has 0 fully saturated rings. The molecule has 3 rings (SSSR count). The lowest BCUT2D eigenvalue weighted by atomic mass is 10.2. The second-order valence-electron chi connectivity index (χ2n) is 5.71. The molecule has 0 amide bonds.